The fraction of sp³-hybridized carbons (Fsp3) is 0.412. The summed E-state index contributed by atoms with van der Waals surface area (Å²) in [5.41, 5.74) is 10.3. The van der Waals surface area contributed by atoms with E-state index in [1.807, 2.05) is 6.07 Å². The molecule has 22 heavy (non-hydrogen) atoms. The number of nitrogens with zero attached hydrogens (tertiary/aromatic N) is 4. The van der Waals surface area contributed by atoms with Crippen LogP contribution in [0.25, 0.3) is 11.3 Å². The van der Waals surface area contributed by atoms with Crippen molar-refractivity contribution in [3.8, 4) is 11.3 Å². The van der Waals surface area contributed by atoms with Gasteiger partial charge in [-0.15, -0.1) is 0 Å². The summed E-state index contributed by atoms with van der Waals surface area (Å²) in [5.74, 6) is 0.319. The van der Waals surface area contributed by atoms with E-state index in [9.17, 15) is 0 Å². The lowest BCUT2D eigenvalue weighted by atomic mass is 10.1. The molecule has 2 bridgehead atoms. The summed E-state index contributed by atoms with van der Waals surface area (Å²) in [6.07, 6.45) is 3.00. The number of anilines is 2. The molecule has 0 spiro atoms. The average Bonchev–Trinajstić information content (AvgIpc) is 3.06. The third-order valence-electron chi connectivity index (χ3n) is 4.99. The van der Waals surface area contributed by atoms with Gasteiger partial charge in [0.2, 0.25) is 5.95 Å². The van der Waals surface area contributed by atoms with Gasteiger partial charge < -0.3 is 10.6 Å². The van der Waals surface area contributed by atoms with E-state index >= 15 is 0 Å². The lowest BCUT2D eigenvalue weighted by Gasteiger charge is -2.34. The fourth-order valence-electron chi connectivity index (χ4n) is 3.83. The molecular weight excluding hydrogens is 274 g/mol. The van der Waals surface area contributed by atoms with Crippen molar-refractivity contribution < 1.29 is 0 Å². The second kappa shape index (κ2) is 4.95. The van der Waals surface area contributed by atoms with Crippen molar-refractivity contribution in [2.24, 2.45) is 0 Å². The van der Waals surface area contributed by atoms with Crippen molar-refractivity contribution in [2.75, 3.05) is 30.8 Å². The Balaban J connectivity index is 1.64. The molecular formula is C17H21N5. The zero-order chi connectivity index (χ0) is 15.3. The minimum absolute atomic E-state index is 0.319. The van der Waals surface area contributed by atoms with Crippen LogP contribution in [-0.2, 0) is 0 Å². The number of rotatable bonds is 2. The quantitative estimate of drug-likeness (QED) is 0.917. The SMILES string of the molecule is Cc1cc(-c2ccnc(N)n2)ccc1N1CC2CC1CN2C. The molecule has 2 aliphatic rings. The van der Waals surface area contributed by atoms with Gasteiger partial charge in [0.15, 0.2) is 0 Å². The highest BCUT2D eigenvalue weighted by Gasteiger charge is 2.41. The molecule has 5 heteroatoms. The molecule has 4 rings (SSSR count). The third kappa shape index (κ3) is 2.13. The highest BCUT2D eigenvalue weighted by Crippen LogP contribution is 2.36. The number of likely N-dealkylation sites (N-methyl/N-ethyl adjacent to an activating group) is 1. The Bertz CT molecular complexity index is 712. The lowest BCUT2D eigenvalue weighted by Crippen LogP contribution is -2.44. The molecule has 0 aliphatic carbocycles. The number of aromatic nitrogens is 2. The Hall–Kier alpha value is -2.14. The van der Waals surface area contributed by atoms with Gasteiger partial charge in [-0.05, 0) is 44.2 Å². The van der Waals surface area contributed by atoms with Crippen LogP contribution >= 0.6 is 0 Å². The maximum absolute atomic E-state index is 5.68. The first-order chi connectivity index (χ1) is 10.6. The molecule has 1 aromatic carbocycles. The number of nitrogens with two attached hydrogens (primary N) is 1. The van der Waals surface area contributed by atoms with Crippen LogP contribution in [0.2, 0.25) is 0 Å². The van der Waals surface area contributed by atoms with Crippen LogP contribution in [0.3, 0.4) is 0 Å². The molecule has 2 N–H and O–H groups in total. The summed E-state index contributed by atoms with van der Waals surface area (Å²) < 4.78 is 0. The predicted molar refractivity (Wildman–Crippen MR) is 88.8 cm³/mol. The number of piperazine rings is 1. The van der Waals surface area contributed by atoms with Crippen LogP contribution in [0.5, 0.6) is 0 Å². The van der Waals surface area contributed by atoms with Gasteiger partial charge in [0, 0.05) is 42.6 Å². The minimum atomic E-state index is 0.319. The van der Waals surface area contributed by atoms with Gasteiger partial charge in [-0.2, -0.15) is 0 Å². The van der Waals surface area contributed by atoms with Crippen LogP contribution in [0.1, 0.15) is 12.0 Å². The van der Waals surface area contributed by atoms with E-state index in [1.165, 1.54) is 24.2 Å². The number of hydrogen-bond donors (Lipinski definition) is 1. The van der Waals surface area contributed by atoms with Crippen molar-refractivity contribution in [2.45, 2.75) is 25.4 Å². The fourth-order valence-corrected chi connectivity index (χ4v) is 3.83. The lowest BCUT2D eigenvalue weighted by molar-refractivity contribution is 0.292. The maximum Gasteiger partial charge on any atom is 0.220 e. The van der Waals surface area contributed by atoms with Gasteiger partial charge in [0.25, 0.3) is 0 Å². The molecule has 0 saturated carbocycles. The number of nitrogen functional groups attached to an aromatic ring is 1. The molecule has 0 amide bonds. The standard InChI is InChI=1S/C17H21N5/c1-11-7-12(15-5-6-19-17(18)20-15)3-4-16(11)22-10-13-8-14(22)9-21(13)2/h3-7,13-14H,8-10H2,1-2H3,(H2,18,19,20). The Morgan fingerprint density at radius 1 is 1.18 bits per heavy atom. The maximum atomic E-state index is 5.68. The Kier molecular flexibility index (Phi) is 3.04. The molecule has 2 atom stereocenters. The molecule has 2 unspecified atom stereocenters. The largest absolute Gasteiger partial charge is 0.368 e. The molecule has 3 heterocycles. The average molecular weight is 295 g/mol. The predicted octanol–water partition coefficient (Wildman–Crippen LogP) is 1.93. The van der Waals surface area contributed by atoms with Crippen molar-refractivity contribution in [1.29, 1.82) is 0 Å². The van der Waals surface area contributed by atoms with Crippen LogP contribution < -0.4 is 10.6 Å². The number of hydrogen-bond acceptors (Lipinski definition) is 5. The van der Waals surface area contributed by atoms with Crippen LogP contribution in [0.4, 0.5) is 11.6 Å². The van der Waals surface area contributed by atoms with Crippen molar-refractivity contribution >= 4 is 11.6 Å². The summed E-state index contributed by atoms with van der Waals surface area (Å²) in [5, 5.41) is 0. The van der Waals surface area contributed by atoms with Gasteiger partial charge in [-0.1, -0.05) is 6.07 Å². The first-order valence-corrected chi connectivity index (χ1v) is 7.78. The molecule has 114 valence electrons. The van der Waals surface area contributed by atoms with E-state index in [4.69, 9.17) is 5.73 Å². The Labute approximate surface area is 130 Å². The number of benzene rings is 1. The van der Waals surface area contributed by atoms with E-state index in [1.54, 1.807) is 6.20 Å². The summed E-state index contributed by atoms with van der Waals surface area (Å²) in [4.78, 5) is 13.3. The van der Waals surface area contributed by atoms with E-state index in [-0.39, 0.29) is 0 Å². The van der Waals surface area contributed by atoms with Gasteiger partial charge in [0.1, 0.15) is 0 Å². The van der Waals surface area contributed by atoms with E-state index < -0.39 is 0 Å². The molecule has 2 aromatic rings. The smallest absolute Gasteiger partial charge is 0.220 e. The first kappa shape index (κ1) is 13.5. The zero-order valence-corrected chi connectivity index (χ0v) is 13.0. The highest BCUT2D eigenvalue weighted by atomic mass is 15.3. The number of aryl methyl sites for hydroxylation is 1. The molecule has 5 nitrogen and oxygen atoms in total. The molecule has 2 saturated heterocycles. The topological polar surface area (TPSA) is 58.3 Å². The third-order valence-corrected chi connectivity index (χ3v) is 4.99. The van der Waals surface area contributed by atoms with E-state index in [0.717, 1.165) is 17.8 Å². The Morgan fingerprint density at radius 2 is 2.05 bits per heavy atom. The normalized spacial score (nSPS) is 24.2. The number of fused-ring (bicyclic) bond motifs is 2. The van der Waals surface area contributed by atoms with Gasteiger partial charge in [-0.3, -0.25) is 4.90 Å². The van der Waals surface area contributed by atoms with Gasteiger partial charge >= 0.3 is 0 Å². The monoisotopic (exact) mass is 295 g/mol. The van der Waals surface area contributed by atoms with Crippen molar-refractivity contribution in [3.63, 3.8) is 0 Å². The molecule has 2 fully saturated rings. The summed E-state index contributed by atoms with van der Waals surface area (Å²) in [7, 11) is 2.23. The summed E-state index contributed by atoms with van der Waals surface area (Å²) >= 11 is 0. The Morgan fingerprint density at radius 3 is 2.68 bits per heavy atom. The first-order valence-electron chi connectivity index (χ1n) is 7.78. The summed E-state index contributed by atoms with van der Waals surface area (Å²) in [6, 6.07) is 9.84. The zero-order valence-electron chi connectivity index (χ0n) is 13.0. The minimum Gasteiger partial charge on any atom is -0.368 e. The van der Waals surface area contributed by atoms with Crippen LogP contribution in [0.15, 0.2) is 30.5 Å². The number of likely N-dealkylation sites (tertiary alicyclic amines) is 1. The van der Waals surface area contributed by atoms with Crippen LogP contribution in [0, 0.1) is 6.92 Å². The van der Waals surface area contributed by atoms with Crippen molar-refractivity contribution in [3.05, 3.63) is 36.0 Å². The second-order valence-corrected chi connectivity index (χ2v) is 6.44. The molecule has 1 aromatic heterocycles. The van der Waals surface area contributed by atoms with Crippen molar-refractivity contribution in [1.82, 2.24) is 14.9 Å². The molecule has 0 radical (unpaired) electrons. The van der Waals surface area contributed by atoms with Gasteiger partial charge in [0.05, 0.1) is 5.69 Å². The van der Waals surface area contributed by atoms with Gasteiger partial charge in [-0.25, -0.2) is 9.97 Å². The van der Waals surface area contributed by atoms with E-state index in [0.29, 0.717) is 18.0 Å². The molecule has 2 aliphatic heterocycles. The van der Waals surface area contributed by atoms with Crippen LogP contribution in [-0.4, -0.2) is 47.1 Å². The second-order valence-electron chi connectivity index (χ2n) is 6.44. The van der Waals surface area contributed by atoms with E-state index in [2.05, 4.69) is 51.9 Å². The summed E-state index contributed by atoms with van der Waals surface area (Å²) in [6.45, 7) is 4.50. The highest BCUT2D eigenvalue weighted by molar-refractivity contribution is 5.67.